The number of carbonyl (C=O) groups is 1. The maximum absolute atomic E-state index is 12.3. The van der Waals surface area contributed by atoms with Gasteiger partial charge in [-0.25, -0.2) is 0 Å². The van der Waals surface area contributed by atoms with E-state index in [0.717, 1.165) is 25.0 Å². The van der Waals surface area contributed by atoms with E-state index in [1.54, 1.807) is 23.9 Å². The monoisotopic (exact) mass is 374 g/mol. The van der Waals surface area contributed by atoms with Gasteiger partial charge in [0.25, 0.3) is 5.91 Å². The summed E-state index contributed by atoms with van der Waals surface area (Å²) in [7, 11) is 1.62. The zero-order valence-corrected chi connectivity index (χ0v) is 15.5. The molecule has 1 aliphatic rings. The Hall–Kier alpha value is -2.29. The van der Waals surface area contributed by atoms with Gasteiger partial charge in [0.2, 0.25) is 0 Å². The second kappa shape index (κ2) is 9.59. The molecule has 1 amide bonds. The molecule has 0 saturated carbocycles. The molecule has 0 bridgehead atoms. The van der Waals surface area contributed by atoms with Gasteiger partial charge in [-0.3, -0.25) is 9.48 Å². The number of hydrogen-bond donors (Lipinski definition) is 2. The van der Waals surface area contributed by atoms with E-state index in [2.05, 4.69) is 15.6 Å². The summed E-state index contributed by atoms with van der Waals surface area (Å²) >= 11 is 0. The smallest absolute Gasteiger partial charge is 0.251 e. The first-order chi connectivity index (χ1) is 13.2. The van der Waals surface area contributed by atoms with Gasteiger partial charge < -0.3 is 19.9 Å². The van der Waals surface area contributed by atoms with Crippen LogP contribution in [0, 0.1) is 0 Å². The van der Waals surface area contributed by atoms with Crippen molar-refractivity contribution in [2.75, 3.05) is 13.7 Å². The third-order valence-electron chi connectivity index (χ3n) is 4.71. The lowest BCUT2D eigenvalue weighted by Gasteiger charge is -2.36. The molecule has 1 saturated heterocycles. The molecule has 0 aliphatic carbocycles. The first-order valence-electron chi connectivity index (χ1n) is 9.19. The van der Waals surface area contributed by atoms with Gasteiger partial charge in [0.15, 0.2) is 0 Å². The van der Waals surface area contributed by atoms with Crippen molar-refractivity contribution in [1.82, 2.24) is 20.3 Å². The number of nitrogens with one attached hydrogen (secondary N) is 1. The summed E-state index contributed by atoms with van der Waals surface area (Å²) in [5, 5.41) is 20.8. The normalized spacial score (nSPS) is 22.5. The maximum Gasteiger partial charge on any atom is 0.251 e. The van der Waals surface area contributed by atoms with Crippen molar-refractivity contribution in [3.05, 3.63) is 47.8 Å². The van der Waals surface area contributed by atoms with Crippen LogP contribution < -0.4 is 5.32 Å². The first kappa shape index (κ1) is 19.5. The Morgan fingerprint density at radius 1 is 1.37 bits per heavy atom. The van der Waals surface area contributed by atoms with Gasteiger partial charge in [-0.15, -0.1) is 5.10 Å². The van der Waals surface area contributed by atoms with E-state index in [9.17, 15) is 9.90 Å². The van der Waals surface area contributed by atoms with E-state index in [0.29, 0.717) is 18.7 Å². The number of methoxy groups -OCH3 is 1. The third kappa shape index (κ3) is 5.35. The number of aliphatic hydroxyl groups is 1. The number of hydrogen-bond acceptors (Lipinski definition) is 6. The molecule has 1 aromatic heterocycles. The van der Waals surface area contributed by atoms with E-state index in [-0.39, 0.29) is 24.7 Å². The zero-order chi connectivity index (χ0) is 19.1. The molecule has 1 fully saturated rings. The molecular formula is C19H26N4O4. The highest BCUT2D eigenvalue weighted by Crippen LogP contribution is 2.22. The molecule has 2 aromatic rings. The molecule has 3 rings (SSSR count). The van der Waals surface area contributed by atoms with Gasteiger partial charge in [-0.05, 0) is 31.4 Å². The van der Waals surface area contributed by atoms with Crippen LogP contribution in [0.2, 0.25) is 0 Å². The van der Waals surface area contributed by atoms with Crippen LogP contribution in [0.4, 0.5) is 0 Å². The predicted molar refractivity (Wildman–Crippen MR) is 98.0 cm³/mol. The van der Waals surface area contributed by atoms with Crippen molar-refractivity contribution in [2.24, 2.45) is 0 Å². The molecule has 1 aromatic carbocycles. The molecule has 0 spiro atoms. The lowest BCUT2D eigenvalue weighted by atomic mass is 9.96. The number of nitrogens with zero attached hydrogens (tertiary/aromatic N) is 3. The molecule has 8 heteroatoms. The number of amides is 1. The van der Waals surface area contributed by atoms with E-state index in [1.807, 2.05) is 24.4 Å². The Morgan fingerprint density at radius 2 is 2.19 bits per heavy atom. The van der Waals surface area contributed by atoms with Crippen LogP contribution in [0.15, 0.2) is 36.5 Å². The van der Waals surface area contributed by atoms with Crippen LogP contribution in [0.25, 0.3) is 0 Å². The summed E-state index contributed by atoms with van der Waals surface area (Å²) in [6.07, 6.45) is 3.82. The summed E-state index contributed by atoms with van der Waals surface area (Å²) in [4.78, 5) is 12.3. The minimum absolute atomic E-state index is 0.0158. The number of aromatic nitrogens is 3. The average molecular weight is 374 g/mol. The number of benzene rings is 1. The van der Waals surface area contributed by atoms with Gasteiger partial charge in [0, 0.05) is 19.2 Å². The second-order valence-electron chi connectivity index (χ2n) is 6.70. The Balaban J connectivity index is 1.49. The third-order valence-corrected chi connectivity index (χ3v) is 4.71. The zero-order valence-electron chi connectivity index (χ0n) is 15.5. The quantitative estimate of drug-likeness (QED) is 0.719. The molecule has 2 heterocycles. The molecule has 1 aliphatic heterocycles. The molecule has 8 nitrogen and oxygen atoms in total. The Kier molecular flexibility index (Phi) is 6.92. The molecular weight excluding hydrogens is 348 g/mol. The van der Waals surface area contributed by atoms with Crippen molar-refractivity contribution < 1.29 is 19.4 Å². The summed E-state index contributed by atoms with van der Waals surface area (Å²) in [6, 6.07) is 8.87. The van der Waals surface area contributed by atoms with Crippen molar-refractivity contribution in [2.45, 2.75) is 50.7 Å². The number of carbonyl (C=O) groups excluding carboxylic acids is 1. The largest absolute Gasteiger partial charge is 0.394 e. The fourth-order valence-electron chi connectivity index (χ4n) is 3.29. The number of rotatable bonds is 8. The van der Waals surface area contributed by atoms with E-state index >= 15 is 0 Å². The van der Waals surface area contributed by atoms with Gasteiger partial charge >= 0.3 is 0 Å². The van der Waals surface area contributed by atoms with E-state index in [1.165, 1.54) is 0 Å². The molecule has 0 unspecified atom stereocenters. The maximum atomic E-state index is 12.3. The fraction of sp³-hybridized carbons (Fsp3) is 0.526. The van der Waals surface area contributed by atoms with Crippen LogP contribution >= 0.6 is 0 Å². The molecule has 27 heavy (non-hydrogen) atoms. The minimum atomic E-state index is -0.406. The van der Waals surface area contributed by atoms with Gasteiger partial charge in [0.1, 0.15) is 11.8 Å². The van der Waals surface area contributed by atoms with Crippen molar-refractivity contribution in [3.8, 4) is 0 Å². The highest BCUT2D eigenvalue weighted by Gasteiger charge is 2.32. The Bertz CT molecular complexity index is 722. The van der Waals surface area contributed by atoms with Crippen LogP contribution in [-0.2, 0) is 22.6 Å². The van der Waals surface area contributed by atoms with Gasteiger partial charge in [-0.2, -0.15) is 0 Å². The first-order valence-corrected chi connectivity index (χ1v) is 9.19. The Morgan fingerprint density at radius 3 is 2.93 bits per heavy atom. The van der Waals surface area contributed by atoms with Gasteiger partial charge in [0.05, 0.1) is 31.6 Å². The van der Waals surface area contributed by atoms with Crippen molar-refractivity contribution in [1.29, 1.82) is 0 Å². The van der Waals surface area contributed by atoms with Crippen molar-refractivity contribution in [3.63, 3.8) is 0 Å². The molecule has 0 radical (unpaired) electrons. The van der Waals surface area contributed by atoms with E-state index in [4.69, 9.17) is 9.47 Å². The molecule has 146 valence electrons. The lowest BCUT2D eigenvalue weighted by Crippen LogP contribution is -2.51. The highest BCUT2D eigenvalue weighted by atomic mass is 16.5. The van der Waals surface area contributed by atoms with Crippen LogP contribution in [0.3, 0.4) is 0 Å². The predicted octanol–water partition coefficient (Wildman–Crippen LogP) is 1.15. The van der Waals surface area contributed by atoms with Crippen molar-refractivity contribution >= 4 is 5.91 Å². The number of ether oxygens (including phenoxy) is 2. The summed E-state index contributed by atoms with van der Waals surface area (Å²) < 4.78 is 12.8. The molecule has 3 atom stereocenters. The van der Waals surface area contributed by atoms with Crippen LogP contribution in [0.5, 0.6) is 0 Å². The second-order valence-corrected chi connectivity index (χ2v) is 6.70. The summed E-state index contributed by atoms with van der Waals surface area (Å²) in [5.74, 6) is -0.144. The van der Waals surface area contributed by atoms with Gasteiger partial charge in [-0.1, -0.05) is 23.4 Å². The summed E-state index contributed by atoms with van der Waals surface area (Å²) in [6.45, 7) is 0.993. The average Bonchev–Trinajstić information content (AvgIpc) is 3.15. The fourth-order valence-corrected chi connectivity index (χ4v) is 3.29. The van der Waals surface area contributed by atoms with Crippen LogP contribution in [-0.4, -0.2) is 58.0 Å². The lowest BCUT2D eigenvalue weighted by molar-refractivity contribution is -0.0912. The number of aryl methyl sites for hydroxylation is 1. The topological polar surface area (TPSA) is 98.5 Å². The van der Waals surface area contributed by atoms with Crippen LogP contribution in [0.1, 0.15) is 35.3 Å². The minimum Gasteiger partial charge on any atom is -0.394 e. The number of aliphatic hydroxyl groups excluding tert-OH is 1. The SMILES string of the molecule is COCc1cn(CC[C@H]2CC[C@@H](NC(=O)c3ccccc3)[C@@H](CO)O2)nn1. The summed E-state index contributed by atoms with van der Waals surface area (Å²) in [5.41, 5.74) is 1.40. The Labute approximate surface area is 158 Å². The van der Waals surface area contributed by atoms with E-state index < -0.39 is 6.10 Å². The molecule has 2 N–H and O–H groups in total. The standard InChI is InChI=1S/C19H26N4O4/c1-26-13-15-11-23(22-21-15)10-9-16-7-8-17(18(12-24)27-16)20-19(25)14-5-3-2-4-6-14/h2-6,11,16-18,24H,7-10,12-13H2,1H3,(H,20,25)/t16-,17-,18-/m1/s1. The highest BCUT2D eigenvalue weighted by molar-refractivity contribution is 5.94.